The van der Waals surface area contributed by atoms with Crippen molar-refractivity contribution in [3.05, 3.63) is 87.1 Å². The van der Waals surface area contributed by atoms with Crippen molar-refractivity contribution in [2.45, 2.75) is 58.2 Å². The molecule has 1 heterocycles. The molecule has 0 spiro atoms. The second-order valence-corrected chi connectivity index (χ2v) is 11.7. The molecule has 0 bridgehead atoms. The van der Waals surface area contributed by atoms with Crippen LogP contribution in [0.4, 0.5) is 0 Å². The van der Waals surface area contributed by atoms with Gasteiger partial charge in [-0.15, -0.1) is 0 Å². The molecule has 6 rings (SSSR count). The zero-order valence-electron chi connectivity index (χ0n) is 23.2. The van der Waals surface area contributed by atoms with E-state index in [1.165, 1.54) is 6.92 Å². The molecule has 0 aromatic heterocycles. The van der Waals surface area contributed by atoms with Crippen LogP contribution in [0.1, 0.15) is 67.3 Å². The molecule has 5 atom stereocenters. The molecular formula is C33H31NO7. The number of phenols is 1. The smallest absolute Gasteiger partial charge is 0.206 e. The molecule has 41 heavy (non-hydrogen) atoms. The van der Waals surface area contributed by atoms with Gasteiger partial charge in [-0.05, 0) is 55.9 Å². The average molecular weight is 554 g/mol. The summed E-state index contributed by atoms with van der Waals surface area (Å²) in [6, 6.07) is 11.5. The summed E-state index contributed by atoms with van der Waals surface area (Å²) in [7, 11) is 0. The lowest BCUT2D eigenvalue weighted by Gasteiger charge is -2.50. The maximum Gasteiger partial charge on any atom is 0.206 e. The highest BCUT2D eigenvalue weighted by Crippen LogP contribution is 2.55. The van der Waals surface area contributed by atoms with E-state index in [9.17, 15) is 34.8 Å². The van der Waals surface area contributed by atoms with Gasteiger partial charge in [-0.1, -0.05) is 48.4 Å². The van der Waals surface area contributed by atoms with Crippen LogP contribution in [0.25, 0.3) is 11.3 Å². The van der Waals surface area contributed by atoms with Crippen LogP contribution in [0.15, 0.2) is 64.3 Å². The number of aliphatic hydroxyl groups excluding tert-OH is 2. The summed E-state index contributed by atoms with van der Waals surface area (Å²) in [5.74, 6) is -6.20. The van der Waals surface area contributed by atoms with Gasteiger partial charge < -0.3 is 20.4 Å². The third-order valence-corrected chi connectivity index (χ3v) is 9.32. The molecule has 8 nitrogen and oxygen atoms in total. The lowest BCUT2D eigenvalue weighted by atomic mass is 9.54. The molecule has 0 saturated heterocycles. The van der Waals surface area contributed by atoms with Crippen LogP contribution in [-0.2, 0) is 14.4 Å². The van der Waals surface area contributed by atoms with Crippen molar-refractivity contribution >= 4 is 34.4 Å². The van der Waals surface area contributed by atoms with Crippen molar-refractivity contribution in [3.63, 3.8) is 0 Å². The largest absolute Gasteiger partial charge is 0.507 e. The van der Waals surface area contributed by atoms with Crippen LogP contribution in [-0.4, -0.2) is 55.2 Å². The summed E-state index contributed by atoms with van der Waals surface area (Å²) in [4.78, 5) is 44.1. The minimum atomic E-state index is -2.70. The highest BCUT2D eigenvalue weighted by molar-refractivity contribution is 6.33. The minimum Gasteiger partial charge on any atom is -0.507 e. The van der Waals surface area contributed by atoms with Gasteiger partial charge in [0.05, 0.1) is 23.0 Å². The molecule has 1 saturated carbocycles. The normalized spacial score (nSPS) is 29.1. The number of carbonyl (C=O) groups is 3. The van der Waals surface area contributed by atoms with Crippen molar-refractivity contribution in [3.8, 4) is 5.75 Å². The number of aliphatic imine (C=N–C) groups is 1. The maximum absolute atomic E-state index is 13.9. The van der Waals surface area contributed by atoms with Crippen molar-refractivity contribution < 1.29 is 34.8 Å². The first-order valence-corrected chi connectivity index (χ1v) is 13.7. The summed E-state index contributed by atoms with van der Waals surface area (Å²) in [5.41, 5.74) is 1.73. The lowest BCUT2D eigenvalue weighted by Crippen LogP contribution is -2.66. The Morgan fingerprint density at radius 1 is 1.02 bits per heavy atom. The Labute approximate surface area is 237 Å². The number of aryl methyl sites for hydroxylation is 1. The molecule has 1 fully saturated rings. The quantitative estimate of drug-likeness (QED) is 0.331. The van der Waals surface area contributed by atoms with Crippen molar-refractivity contribution in [1.29, 1.82) is 0 Å². The third-order valence-electron chi connectivity index (χ3n) is 9.32. The fourth-order valence-corrected chi connectivity index (χ4v) is 7.15. The molecule has 8 heteroatoms. The van der Waals surface area contributed by atoms with Gasteiger partial charge in [0, 0.05) is 35.6 Å². The summed E-state index contributed by atoms with van der Waals surface area (Å²) < 4.78 is 0. The standard InChI is InChI=1S/C33H31NO7/c1-14-5-7-18(8-6-14)19-12-23(34-13-19)21-10-9-20-16(3)25-27(30(38)26(20)28(21)36)32(40)33(41)22(29(25)37)11-15(2)24(17(4)35)31(33)39/h5-10,13,16,22,25,29,36-38,41H,11-12H2,1-4H3. The van der Waals surface area contributed by atoms with E-state index < -0.39 is 52.6 Å². The van der Waals surface area contributed by atoms with Crippen LogP contribution in [0.2, 0.25) is 0 Å². The number of hydrogen-bond donors (Lipinski definition) is 4. The number of carbonyl (C=O) groups excluding carboxylic acids is 3. The number of aliphatic hydroxyl groups is 3. The van der Waals surface area contributed by atoms with Gasteiger partial charge in [-0.2, -0.15) is 0 Å². The first-order valence-electron chi connectivity index (χ1n) is 13.7. The average Bonchev–Trinajstić information content (AvgIpc) is 3.41. The summed E-state index contributed by atoms with van der Waals surface area (Å²) >= 11 is 0. The van der Waals surface area contributed by atoms with E-state index >= 15 is 0 Å². The van der Waals surface area contributed by atoms with Crippen LogP contribution in [0.3, 0.4) is 0 Å². The van der Waals surface area contributed by atoms with Crippen molar-refractivity contribution in [1.82, 2.24) is 0 Å². The van der Waals surface area contributed by atoms with Gasteiger partial charge in [0.1, 0.15) is 11.5 Å². The Kier molecular flexibility index (Phi) is 6.06. The van der Waals surface area contributed by atoms with Crippen LogP contribution in [0.5, 0.6) is 5.75 Å². The number of rotatable bonds is 3. The topological polar surface area (TPSA) is 144 Å². The number of allylic oxidation sites excluding steroid dienone is 2. The molecule has 2 aromatic carbocycles. The Morgan fingerprint density at radius 2 is 1.71 bits per heavy atom. The highest BCUT2D eigenvalue weighted by Gasteiger charge is 2.65. The van der Waals surface area contributed by atoms with Crippen LogP contribution < -0.4 is 0 Å². The van der Waals surface area contributed by atoms with Crippen molar-refractivity contribution in [2.24, 2.45) is 16.8 Å². The van der Waals surface area contributed by atoms with Gasteiger partial charge in [-0.3, -0.25) is 19.4 Å². The Balaban J connectivity index is 1.43. The number of Topliss-reactive ketones (excluding diaryl/α,β-unsaturated/α-hetero) is 3. The second-order valence-electron chi connectivity index (χ2n) is 11.7. The summed E-state index contributed by atoms with van der Waals surface area (Å²) in [6.45, 7) is 6.55. The first kappa shape index (κ1) is 27.1. The number of aromatic hydroxyl groups is 1. The van der Waals surface area contributed by atoms with Crippen molar-refractivity contribution in [2.75, 3.05) is 0 Å². The molecular weight excluding hydrogens is 522 g/mol. The molecule has 0 radical (unpaired) electrons. The Morgan fingerprint density at radius 3 is 2.37 bits per heavy atom. The van der Waals surface area contributed by atoms with Crippen LogP contribution in [0, 0.1) is 18.8 Å². The summed E-state index contributed by atoms with van der Waals surface area (Å²) in [6.07, 6.45) is 0.795. The fourth-order valence-electron chi connectivity index (χ4n) is 7.15. The van der Waals surface area contributed by atoms with Crippen LogP contribution >= 0.6 is 0 Å². The van der Waals surface area contributed by atoms with Gasteiger partial charge in [0.2, 0.25) is 11.6 Å². The number of ketones is 3. The molecule has 4 aliphatic rings. The Hall–Kier alpha value is -4.14. The SMILES string of the molecule is CC(=O)C1=C(C)CC2C(O)C3C(=C(O)c4c(ccc(C5=NC=C(c6ccc(C)cc6)C5)c4O)C3C)C(=O)C2(O)C1=O. The van der Waals surface area contributed by atoms with Gasteiger partial charge >= 0.3 is 0 Å². The molecule has 2 aromatic rings. The van der Waals surface area contributed by atoms with Gasteiger partial charge in [-0.25, -0.2) is 0 Å². The minimum absolute atomic E-state index is 0.0112. The zero-order valence-corrected chi connectivity index (χ0v) is 23.2. The third kappa shape index (κ3) is 3.67. The van der Waals surface area contributed by atoms with E-state index in [2.05, 4.69) is 4.99 Å². The molecule has 5 unspecified atom stereocenters. The van der Waals surface area contributed by atoms with E-state index in [0.29, 0.717) is 28.8 Å². The fraction of sp³-hybridized carbons (Fsp3) is 0.333. The number of phenolic OH excluding ortho intramolecular Hbond substituents is 1. The van der Waals surface area contributed by atoms with E-state index in [1.807, 2.05) is 31.2 Å². The highest BCUT2D eigenvalue weighted by atomic mass is 16.3. The summed E-state index contributed by atoms with van der Waals surface area (Å²) in [5, 5.41) is 46.1. The number of benzene rings is 2. The first-order chi connectivity index (χ1) is 19.4. The number of nitrogens with zero attached hydrogens (tertiary/aromatic N) is 1. The molecule has 3 aliphatic carbocycles. The predicted molar refractivity (Wildman–Crippen MR) is 152 cm³/mol. The van der Waals surface area contributed by atoms with E-state index in [0.717, 1.165) is 16.7 Å². The Bertz CT molecular complexity index is 1690. The number of fused-ring (bicyclic) bond motifs is 3. The second kappa shape index (κ2) is 9.19. The molecule has 4 N–H and O–H groups in total. The molecule has 210 valence electrons. The molecule has 1 aliphatic heterocycles. The lowest BCUT2D eigenvalue weighted by molar-refractivity contribution is -0.167. The monoisotopic (exact) mass is 553 g/mol. The van der Waals surface area contributed by atoms with E-state index in [4.69, 9.17) is 0 Å². The predicted octanol–water partition coefficient (Wildman–Crippen LogP) is 4.11. The van der Waals surface area contributed by atoms with Gasteiger partial charge in [0.25, 0.3) is 0 Å². The number of hydrogen-bond acceptors (Lipinski definition) is 8. The zero-order chi connectivity index (χ0) is 29.5. The van der Waals surface area contributed by atoms with Gasteiger partial charge in [0.15, 0.2) is 11.4 Å². The van der Waals surface area contributed by atoms with E-state index in [1.54, 1.807) is 32.2 Å². The van der Waals surface area contributed by atoms with E-state index in [-0.39, 0.29) is 28.9 Å². The molecule has 0 amide bonds. The maximum atomic E-state index is 13.9.